The summed E-state index contributed by atoms with van der Waals surface area (Å²) in [5.74, 6) is -0.719. The fraction of sp³-hybridized carbons (Fsp3) is 0.476. The van der Waals surface area contributed by atoms with E-state index in [1.165, 1.54) is 11.3 Å². The van der Waals surface area contributed by atoms with Crippen molar-refractivity contribution in [3.05, 3.63) is 30.0 Å². The number of thiazole rings is 1. The van der Waals surface area contributed by atoms with Crippen LogP contribution in [0.2, 0.25) is 0 Å². The van der Waals surface area contributed by atoms with Crippen LogP contribution in [0.3, 0.4) is 0 Å². The van der Waals surface area contributed by atoms with Crippen molar-refractivity contribution >= 4 is 43.3 Å². The first-order chi connectivity index (χ1) is 16.8. The van der Waals surface area contributed by atoms with Crippen LogP contribution in [-0.2, 0) is 10.0 Å². The van der Waals surface area contributed by atoms with Gasteiger partial charge in [0.05, 0.1) is 39.9 Å². The lowest BCUT2D eigenvalue weighted by Crippen LogP contribution is -2.37. The molecule has 0 saturated heterocycles. The zero-order valence-corrected chi connectivity index (χ0v) is 20.9. The van der Waals surface area contributed by atoms with E-state index in [1.54, 1.807) is 6.92 Å². The average Bonchev–Trinajstić information content (AvgIpc) is 3.31. The molecule has 15 heteroatoms. The van der Waals surface area contributed by atoms with Gasteiger partial charge >= 0.3 is 6.18 Å². The molecule has 1 fully saturated rings. The van der Waals surface area contributed by atoms with Crippen LogP contribution in [0.15, 0.2) is 24.3 Å². The number of anilines is 2. The fourth-order valence-electron chi connectivity index (χ4n) is 4.08. The van der Waals surface area contributed by atoms with E-state index in [2.05, 4.69) is 30.3 Å². The highest BCUT2D eigenvalue weighted by molar-refractivity contribution is 7.88. The molecule has 4 rings (SSSR count). The molecule has 10 nitrogen and oxygen atoms in total. The van der Waals surface area contributed by atoms with Gasteiger partial charge in [-0.2, -0.15) is 18.2 Å². The smallest absolute Gasteiger partial charge is 0.390 e. The van der Waals surface area contributed by atoms with E-state index in [1.807, 2.05) is 24.3 Å². The molecule has 1 saturated carbocycles. The highest BCUT2D eigenvalue weighted by Gasteiger charge is 2.42. The Bertz CT molecular complexity index is 1320. The van der Waals surface area contributed by atoms with E-state index < -0.39 is 46.9 Å². The van der Waals surface area contributed by atoms with Gasteiger partial charge in [-0.1, -0.05) is 12.1 Å². The summed E-state index contributed by atoms with van der Waals surface area (Å²) in [6.07, 6.45) is -5.82. The SMILES string of the molecule is Cc1nc(NCC(F)(F)F)nc(N[C@@H]2C[C@H](CNS(C)(=O)=O)[C@@H](O)[C@H]2O)c1-c1nc2ccccc2s1. The number of aromatic nitrogens is 3. The number of nitrogens with zero attached hydrogens (tertiary/aromatic N) is 3. The number of hydrogen-bond acceptors (Lipinski definition) is 10. The van der Waals surface area contributed by atoms with Gasteiger partial charge in [-0.25, -0.2) is 23.1 Å². The van der Waals surface area contributed by atoms with Gasteiger partial charge in [-0.3, -0.25) is 0 Å². The van der Waals surface area contributed by atoms with Gasteiger partial charge in [0, 0.05) is 12.5 Å². The van der Waals surface area contributed by atoms with Crippen molar-refractivity contribution in [1.29, 1.82) is 0 Å². The summed E-state index contributed by atoms with van der Waals surface area (Å²) in [6.45, 7) is 0.198. The van der Waals surface area contributed by atoms with Crippen molar-refractivity contribution in [3.8, 4) is 10.6 Å². The number of hydrogen-bond donors (Lipinski definition) is 5. The molecule has 36 heavy (non-hydrogen) atoms. The molecule has 5 N–H and O–H groups in total. The second-order valence-corrected chi connectivity index (χ2v) is 11.5. The highest BCUT2D eigenvalue weighted by atomic mass is 32.2. The normalized spacial score (nSPS) is 22.8. The first-order valence-corrected chi connectivity index (χ1v) is 13.6. The third-order valence-electron chi connectivity index (χ3n) is 5.78. The number of halogens is 3. The van der Waals surface area contributed by atoms with Crippen LogP contribution in [0.5, 0.6) is 0 Å². The Hall–Kier alpha value is -2.59. The van der Waals surface area contributed by atoms with Crippen LogP contribution < -0.4 is 15.4 Å². The molecule has 0 bridgehead atoms. The fourth-order valence-corrected chi connectivity index (χ4v) is 5.66. The maximum atomic E-state index is 12.8. The highest BCUT2D eigenvalue weighted by Crippen LogP contribution is 2.38. The van der Waals surface area contributed by atoms with E-state index >= 15 is 0 Å². The zero-order valence-electron chi connectivity index (χ0n) is 19.2. The number of alkyl halides is 3. The number of aliphatic hydroxyl groups is 2. The molecule has 196 valence electrons. The van der Waals surface area contributed by atoms with Crippen molar-refractivity contribution in [3.63, 3.8) is 0 Å². The summed E-state index contributed by atoms with van der Waals surface area (Å²) in [5, 5.41) is 26.8. The molecule has 4 atom stereocenters. The maximum absolute atomic E-state index is 12.8. The molecule has 0 amide bonds. The minimum Gasteiger partial charge on any atom is -0.390 e. The topological polar surface area (TPSA) is 149 Å². The summed E-state index contributed by atoms with van der Waals surface area (Å²) in [4.78, 5) is 13.0. The van der Waals surface area contributed by atoms with Gasteiger partial charge in [-0.15, -0.1) is 11.3 Å². The van der Waals surface area contributed by atoms with Gasteiger partial charge in [0.25, 0.3) is 0 Å². The lowest BCUT2D eigenvalue weighted by molar-refractivity contribution is -0.115. The van der Waals surface area contributed by atoms with Crippen molar-refractivity contribution in [2.45, 2.75) is 37.8 Å². The van der Waals surface area contributed by atoms with Crippen LogP contribution in [0, 0.1) is 12.8 Å². The molecule has 0 spiro atoms. The maximum Gasteiger partial charge on any atom is 0.405 e. The Morgan fingerprint density at radius 1 is 1.14 bits per heavy atom. The summed E-state index contributed by atoms with van der Waals surface area (Å²) in [5.41, 5.74) is 1.54. The predicted molar refractivity (Wildman–Crippen MR) is 130 cm³/mol. The molecule has 2 heterocycles. The number of rotatable bonds is 8. The van der Waals surface area contributed by atoms with Crippen LogP contribution in [0.25, 0.3) is 20.8 Å². The first-order valence-electron chi connectivity index (χ1n) is 10.9. The number of aryl methyl sites for hydroxylation is 1. The molecule has 1 aliphatic rings. The standard InChI is InChI=1S/C21H25F3N6O4S2/c1-10-15(19-29-12-5-3-4-6-14(12)35-19)18(30-20(27-10)25-9-21(22,23)24)28-13-7-11(16(31)17(13)32)8-26-36(2,33)34/h3-6,11,13,16-17,26,31-32H,7-9H2,1-2H3,(H2,25,27,28,30)/t11-,13-,16-,17+/m1/s1. The predicted octanol–water partition coefficient (Wildman–Crippen LogP) is 2.11. The van der Waals surface area contributed by atoms with Crippen LogP contribution in [0.1, 0.15) is 12.1 Å². The van der Waals surface area contributed by atoms with Crippen LogP contribution in [0.4, 0.5) is 24.9 Å². The quantitative estimate of drug-likeness (QED) is 0.286. The van der Waals surface area contributed by atoms with Gasteiger partial charge in [-0.05, 0) is 25.5 Å². The first kappa shape index (κ1) is 26.5. The monoisotopic (exact) mass is 546 g/mol. The summed E-state index contributed by atoms with van der Waals surface area (Å²) >= 11 is 1.35. The number of sulfonamides is 1. The van der Waals surface area contributed by atoms with Crippen molar-refractivity contribution in [2.75, 3.05) is 30.0 Å². The lowest BCUT2D eigenvalue weighted by atomic mass is 10.1. The molecule has 1 aliphatic carbocycles. The Balaban J connectivity index is 1.68. The van der Waals surface area contributed by atoms with E-state index in [0.29, 0.717) is 16.3 Å². The number of aliphatic hydroxyl groups excluding tert-OH is 2. The molecule has 2 aromatic heterocycles. The summed E-state index contributed by atoms with van der Waals surface area (Å²) in [7, 11) is -3.50. The van der Waals surface area contributed by atoms with Gasteiger partial charge in [0.1, 0.15) is 23.5 Å². The molecule has 0 unspecified atom stereocenters. The Labute approximate surface area is 209 Å². The van der Waals surface area contributed by atoms with Crippen LogP contribution >= 0.6 is 11.3 Å². The number of nitrogens with one attached hydrogen (secondary N) is 3. The second kappa shape index (κ2) is 10.0. The van der Waals surface area contributed by atoms with E-state index in [4.69, 9.17) is 0 Å². The van der Waals surface area contributed by atoms with E-state index in [-0.39, 0.29) is 24.7 Å². The summed E-state index contributed by atoms with van der Waals surface area (Å²) in [6, 6.07) is 6.64. The third kappa shape index (κ3) is 6.21. The average molecular weight is 547 g/mol. The number of fused-ring (bicyclic) bond motifs is 1. The van der Waals surface area contributed by atoms with Crippen molar-refractivity contribution in [1.82, 2.24) is 19.7 Å². The van der Waals surface area contributed by atoms with Gasteiger partial charge in [0.15, 0.2) is 0 Å². The van der Waals surface area contributed by atoms with Crippen molar-refractivity contribution < 1.29 is 31.8 Å². The summed E-state index contributed by atoms with van der Waals surface area (Å²) < 4.78 is 64.4. The molecule has 1 aromatic carbocycles. The minimum atomic E-state index is -4.48. The Kier molecular flexibility index (Phi) is 7.39. The number of para-hydroxylation sites is 1. The third-order valence-corrected chi connectivity index (χ3v) is 7.52. The number of benzene rings is 1. The van der Waals surface area contributed by atoms with E-state index in [0.717, 1.165) is 16.5 Å². The van der Waals surface area contributed by atoms with Gasteiger partial charge < -0.3 is 20.8 Å². The molecular weight excluding hydrogens is 521 g/mol. The minimum absolute atomic E-state index is 0.0822. The Morgan fingerprint density at radius 3 is 2.53 bits per heavy atom. The Morgan fingerprint density at radius 2 is 1.86 bits per heavy atom. The van der Waals surface area contributed by atoms with Gasteiger partial charge in [0.2, 0.25) is 16.0 Å². The molecule has 0 aliphatic heterocycles. The molecular formula is C21H25F3N6O4S2. The second-order valence-electron chi connectivity index (χ2n) is 8.66. The molecule has 3 aromatic rings. The van der Waals surface area contributed by atoms with Crippen molar-refractivity contribution in [2.24, 2.45) is 5.92 Å². The largest absolute Gasteiger partial charge is 0.405 e. The van der Waals surface area contributed by atoms with E-state index in [9.17, 15) is 31.8 Å². The molecule has 0 radical (unpaired) electrons. The lowest BCUT2D eigenvalue weighted by Gasteiger charge is -2.21. The zero-order chi connectivity index (χ0) is 26.3. The van der Waals surface area contributed by atoms with Crippen LogP contribution in [-0.4, -0.2) is 77.4 Å².